The van der Waals surface area contributed by atoms with Crippen LogP contribution in [0.2, 0.25) is 10.0 Å². The Morgan fingerprint density at radius 1 is 1.13 bits per heavy atom. The SMILES string of the molecule is O=C(O)c1ccc2c(c1)C(NC(=O)c1cc(Cl)ccc1Cl)CC2. The molecular formula is C17H13Cl2NO3. The zero-order valence-corrected chi connectivity index (χ0v) is 13.5. The molecule has 23 heavy (non-hydrogen) atoms. The Bertz CT molecular complexity index is 804. The maximum atomic E-state index is 12.4. The second-order valence-corrected chi connectivity index (χ2v) is 6.25. The van der Waals surface area contributed by atoms with E-state index in [4.69, 9.17) is 28.3 Å². The van der Waals surface area contributed by atoms with E-state index in [-0.39, 0.29) is 17.5 Å². The monoisotopic (exact) mass is 349 g/mol. The second kappa shape index (κ2) is 6.22. The molecule has 1 aliphatic carbocycles. The van der Waals surface area contributed by atoms with Crippen LogP contribution in [0.4, 0.5) is 0 Å². The van der Waals surface area contributed by atoms with Crippen molar-refractivity contribution in [2.45, 2.75) is 18.9 Å². The first-order valence-corrected chi connectivity index (χ1v) is 7.83. The van der Waals surface area contributed by atoms with Gasteiger partial charge in [-0.25, -0.2) is 4.79 Å². The molecule has 1 atom stereocenters. The maximum absolute atomic E-state index is 12.4. The summed E-state index contributed by atoms with van der Waals surface area (Å²) in [5.74, 6) is -1.31. The number of aryl methyl sites for hydroxylation is 1. The molecule has 1 aliphatic rings. The zero-order chi connectivity index (χ0) is 16.6. The van der Waals surface area contributed by atoms with Crippen molar-refractivity contribution in [2.24, 2.45) is 0 Å². The lowest BCUT2D eigenvalue weighted by molar-refractivity contribution is 0.0696. The number of rotatable bonds is 3. The fraction of sp³-hybridized carbons (Fsp3) is 0.176. The topological polar surface area (TPSA) is 66.4 Å². The van der Waals surface area contributed by atoms with Crippen molar-refractivity contribution in [3.63, 3.8) is 0 Å². The van der Waals surface area contributed by atoms with Crippen molar-refractivity contribution in [1.82, 2.24) is 5.32 Å². The van der Waals surface area contributed by atoms with E-state index in [0.717, 1.165) is 24.0 Å². The lowest BCUT2D eigenvalue weighted by Crippen LogP contribution is -2.27. The number of nitrogens with one attached hydrogen (secondary N) is 1. The number of amides is 1. The quantitative estimate of drug-likeness (QED) is 0.876. The Hall–Kier alpha value is -2.04. The molecule has 0 fully saturated rings. The first-order chi connectivity index (χ1) is 11.0. The van der Waals surface area contributed by atoms with Gasteiger partial charge in [0.1, 0.15) is 0 Å². The van der Waals surface area contributed by atoms with Crippen LogP contribution in [0.15, 0.2) is 36.4 Å². The summed E-state index contributed by atoms with van der Waals surface area (Å²) in [6.45, 7) is 0. The molecule has 0 saturated carbocycles. The number of carboxylic acids is 1. The Morgan fingerprint density at radius 3 is 2.65 bits per heavy atom. The average molecular weight is 350 g/mol. The van der Waals surface area contributed by atoms with Gasteiger partial charge < -0.3 is 10.4 Å². The van der Waals surface area contributed by atoms with Gasteiger partial charge in [-0.1, -0.05) is 29.3 Å². The first-order valence-electron chi connectivity index (χ1n) is 7.08. The van der Waals surface area contributed by atoms with Gasteiger partial charge in [0.25, 0.3) is 5.91 Å². The van der Waals surface area contributed by atoms with Crippen LogP contribution in [-0.4, -0.2) is 17.0 Å². The number of halogens is 2. The van der Waals surface area contributed by atoms with Crippen LogP contribution >= 0.6 is 23.2 Å². The van der Waals surface area contributed by atoms with Gasteiger partial charge in [-0.2, -0.15) is 0 Å². The summed E-state index contributed by atoms with van der Waals surface area (Å²) in [6, 6.07) is 9.48. The predicted octanol–water partition coefficient (Wildman–Crippen LogP) is 4.11. The molecule has 0 radical (unpaired) electrons. The molecule has 0 aromatic heterocycles. The number of carboxylic acid groups (broad SMARTS) is 1. The fourth-order valence-corrected chi connectivity index (χ4v) is 3.17. The lowest BCUT2D eigenvalue weighted by Gasteiger charge is -2.15. The van der Waals surface area contributed by atoms with Gasteiger partial charge in [0, 0.05) is 5.02 Å². The number of hydrogen-bond acceptors (Lipinski definition) is 2. The molecule has 118 valence electrons. The summed E-state index contributed by atoms with van der Waals surface area (Å²) < 4.78 is 0. The van der Waals surface area contributed by atoms with Crippen LogP contribution < -0.4 is 5.32 Å². The van der Waals surface area contributed by atoms with E-state index in [2.05, 4.69) is 5.32 Å². The van der Waals surface area contributed by atoms with Crippen molar-refractivity contribution in [1.29, 1.82) is 0 Å². The molecule has 1 amide bonds. The van der Waals surface area contributed by atoms with Crippen LogP contribution in [0.5, 0.6) is 0 Å². The molecule has 0 aliphatic heterocycles. The minimum absolute atomic E-state index is 0.214. The van der Waals surface area contributed by atoms with Gasteiger partial charge in [-0.05, 0) is 54.3 Å². The van der Waals surface area contributed by atoms with Gasteiger partial charge >= 0.3 is 5.97 Å². The molecule has 0 saturated heterocycles. The van der Waals surface area contributed by atoms with Crippen molar-refractivity contribution in [2.75, 3.05) is 0 Å². The van der Waals surface area contributed by atoms with E-state index < -0.39 is 5.97 Å². The van der Waals surface area contributed by atoms with Crippen molar-refractivity contribution < 1.29 is 14.7 Å². The predicted molar refractivity (Wildman–Crippen MR) is 88.4 cm³/mol. The highest BCUT2D eigenvalue weighted by Gasteiger charge is 2.26. The standard InChI is InChI=1S/C17H13Cl2NO3/c18-11-4-5-14(19)13(8-11)16(21)20-15-6-3-9-1-2-10(17(22)23)7-12(9)15/h1-2,4-5,7-8,15H,3,6H2,(H,20,21)(H,22,23). The highest BCUT2D eigenvalue weighted by molar-refractivity contribution is 6.35. The number of carbonyl (C=O) groups excluding carboxylic acids is 1. The van der Waals surface area contributed by atoms with Crippen LogP contribution in [0.3, 0.4) is 0 Å². The Kier molecular flexibility index (Phi) is 4.28. The van der Waals surface area contributed by atoms with Crippen molar-refractivity contribution in [3.8, 4) is 0 Å². The molecule has 3 rings (SSSR count). The average Bonchev–Trinajstić information content (AvgIpc) is 2.92. The molecule has 2 aromatic rings. The van der Waals surface area contributed by atoms with Crippen LogP contribution in [0.25, 0.3) is 0 Å². The molecular weight excluding hydrogens is 337 g/mol. The summed E-state index contributed by atoms with van der Waals surface area (Å²) in [5, 5.41) is 12.8. The molecule has 0 bridgehead atoms. The van der Waals surface area contributed by atoms with Gasteiger partial charge in [0.2, 0.25) is 0 Å². The third kappa shape index (κ3) is 3.19. The normalized spacial score (nSPS) is 16.0. The first kappa shape index (κ1) is 15.8. The lowest BCUT2D eigenvalue weighted by atomic mass is 10.0. The van der Waals surface area contributed by atoms with Crippen LogP contribution in [0.1, 0.15) is 44.3 Å². The Balaban J connectivity index is 1.86. The van der Waals surface area contributed by atoms with E-state index in [0.29, 0.717) is 15.6 Å². The van der Waals surface area contributed by atoms with E-state index in [1.165, 1.54) is 6.07 Å². The van der Waals surface area contributed by atoms with E-state index in [1.807, 2.05) is 0 Å². The number of aromatic carboxylic acids is 1. The molecule has 6 heteroatoms. The van der Waals surface area contributed by atoms with Crippen molar-refractivity contribution in [3.05, 3.63) is 68.7 Å². The van der Waals surface area contributed by atoms with E-state index in [9.17, 15) is 9.59 Å². The van der Waals surface area contributed by atoms with Crippen molar-refractivity contribution >= 4 is 35.1 Å². The minimum Gasteiger partial charge on any atom is -0.478 e. The van der Waals surface area contributed by atoms with E-state index >= 15 is 0 Å². The summed E-state index contributed by atoms with van der Waals surface area (Å²) in [7, 11) is 0. The number of hydrogen-bond donors (Lipinski definition) is 2. The molecule has 0 heterocycles. The number of carbonyl (C=O) groups is 2. The molecule has 1 unspecified atom stereocenters. The Morgan fingerprint density at radius 2 is 1.91 bits per heavy atom. The molecule has 0 spiro atoms. The molecule has 2 N–H and O–H groups in total. The second-order valence-electron chi connectivity index (χ2n) is 5.41. The van der Waals surface area contributed by atoms with E-state index in [1.54, 1.807) is 30.3 Å². The highest BCUT2D eigenvalue weighted by atomic mass is 35.5. The van der Waals surface area contributed by atoms with Gasteiger partial charge in [-0.3, -0.25) is 4.79 Å². The maximum Gasteiger partial charge on any atom is 0.335 e. The summed E-state index contributed by atoms with van der Waals surface area (Å²) >= 11 is 12.0. The molecule has 4 nitrogen and oxygen atoms in total. The number of benzene rings is 2. The smallest absolute Gasteiger partial charge is 0.335 e. The fourth-order valence-electron chi connectivity index (χ4n) is 2.79. The molecule has 2 aromatic carbocycles. The van der Waals surface area contributed by atoms with Crippen LogP contribution in [0, 0.1) is 0 Å². The van der Waals surface area contributed by atoms with Gasteiger partial charge in [0.15, 0.2) is 0 Å². The largest absolute Gasteiger partial charge is 0.478 e. The summed E-state index contributed by atoms with van der Waals surface area (Å²) in [5.41, 5.74) is 2.42. The van der Waals surface area contributed by atoms with Crippen LogP contribution in [-0.2, 0) is 6.42 Å². The summed E-state index contributed by atoms with van der Waals surface area (Å²) in [6.07, 6.45) is 1.52. The Labute approximate surface area is 143 Å². The summed E-state index contributed by atoms with van der Waals surface area (Å²) in [4.78, 5) is 23.5. The minimum atomic E-state index is -0.984. The highest BCUT2D eigenvalue weighted by Crippen LogP contribution is 2.32. The zero-order valence-electron chi connectivity index (χ0n) is 12.0. The third-order valence-electron chi connectivity index (χ3n) is 3.95. The third-order valence-corrected chi connectivity index (χ3v) is 4.51. The van der Waals surface area contributed by atoms with Gasteiger partial charge in [0.05, 0.1) is 22.2 Å². The van der Waals surface area contributed by atoms with Gasteiger partial charge in [-0.15, -0.1) is 0 Å². The number of fused-ring (bicyclic) bond motifs is 1.